The van der Waals surface area contributed by atoms with Gasteiger partial charge in [-0.15, -0.1) is 0 Å². The number of rotatable bonds is 27. The Morgan fingerprint density at radius 2 is 1.21 bits per heavy atom. The van der Waals surface area contributed by atoms with Gasteiger partial charge in [0.2, 0.25) is 12.2 Å². The van der Waals surface area contributed by atoms with Crippen LogP contribution >= 0.6 is 0 Å². The lowest BCUT2D eigenvalue weighted by Crippen LogP contribution is -2.46. The number of aliphatic hydroxyl groups is 1. The second kappa shape index (κ2) is 25.8. The Hall–Kier alpha value is -2.89. The molecule has 0 aromatic carbocycles. The molecule has 0 saturated carbocycles. The third-order valence-corrected chi connectivity index (χ3v) is 4.91. The van der Waals surface area contributed by atoms with Gasteiger partial charge in [-0.25, -0.2) is 0 Å². The van der Waals surface area contributed by atoms with Crippen LogP contribution in [0.25, 0.3) is 0 Å². The molecule has 0 aliphatic heterocycles. The van der Waals surface area contributed by atoms with Crippen LogP contribution in [0.2, 0.25) is 0 Å². The van der Waals surface area contributed by atoms with Crippen molar-refractivity contribution in [2.24, 2.45) is 0 Å². The quantitative estimate of drug-likeness (QED) is 0.0466. The van der Waals surface area contributed by atoms with Crippen LogP contribution in [0.1, 0.15) is 46.5 Å². The summed E-state index contributed by atoms with van der Waals surface area (Å²) < 4.78 is 41.4. The van der Waals surface area contributed by atoms with Crippen LogP contribution < -0.4 is 5.32 Å². The summed E-state index contributed by atoms with van der Waals surface area (Å²) >= 11 is 0. The first-order valence-corrected chi connectivity index (χ1v) is 13.6. The van der Waals surface area contributed by atoms with Crippen molar-refractivity contribution in [2.75, 3.05) is 72.6 Å². The number of nitrogens with one attached hydrogen (secondary N) is 1. The number of carboxylic acids is 1. The molecule has 0 bridgehead atoms. The van der Waals surface area contributed by atoms with Gasteiger partial charge in [0.25, 0.3) is 0 Å². The molecular weight excluding hydrogens is 566 g/mol. The molecule has 0 saturated heterocycles. The first kappa shape index (κ1) is 39.1. The average molecular weight is 612 g/mol. The minimum absolute atomic E-state index is 0.0258. The predicted octanol–water partition coefficient (Wildman–Crippen LogP) is -0.424. The summed E-state index contributed by atoms with van der Waals surface area (Å²) in [6, 6.07) is 0. The highest BCUT2D eigenvalue weighted by molar-refractivity contribution is 5.75. The predicted molar refractivity (Wildman–Crippen MR) is 142 cm³/mol. The lowest BCUT2D eigenvalue weighted by atomic mass is 10.2. The van der Waals surface area contributed by atoms with Crippen molar-refractivity contribution in [1.29, 1.82) is 0 Å². The van der Waals surface area contributed by atoms with Gasteiger partial charge in [0.15, 0.2) is 6.10 Å². The monoisotopic (exact) mass is 611 g/mol. The van der Waals surface area contributed by atoms with Crippen LogP contribution in [-0.2, 0) is 61.9 Å². The molecule has 1 amide bonds. The number of aliphatic carboxylic acids is 1. The van der Waals surface area contributed by atoms with Crippen molar-refractivity contribution >= 4 is 29.8 Å². The highest BCUT2D eigenvalue weighted by Crippen LogP contribution is 2.14. The maximum atomic E-state index is 12.0. The van der Waals surface area contributed by atoms with E-state index in [0.717, 1.165) is 20.8 Å². The summed E-state index contributed by atoms with van der Waals surface area (Å²) in [6.07, 6.45) is -3.39. The molecule has 0 aliphatic rings. The maximum Gasteiger partial charge on any atom is 0.305 e. The molecule has 42 heavy (non-hydrogen) atoms. The van der Waals surface area contributed by atoms with Crippen LogP contribution in [-0.4, -0.2) is 131 Å². The van der Waals surface area contributed by atoms with Gasteiger partial charge >= 0.3 is 23.9 Å². The van der Waals surface area contributed by atoms with Gasteiger partial charge in [0, 0.05) is 33.7 Å². The lowest BCUT2D eigenvalue weighted by Gasteiger charge is -2.29. The molecule has 3 N–H and O–H groups in total. The van der Waals surface area contributed by atoms with Crippen LogP contribution in [0.3, 0.4) is 0 Å². The van der Waals surface area contributed by atoms with E-state index < -0.39 is 49.0 Å². The van der Waals surface area contributed by atoms with Gasteiger partial charge in [0.1, 0.15) is 12.7 Å². The zero-order valence-electron chi connectivity index (χ0n) is 24.5. The van der Waals surface area contributed by atoms with Crippen molar-refractivity contribution in [1.82, 2.24) is 5.32 Å². The van der Waals surface area contributed by atoms with Crippen molar-refractivity contribution in [2.45, 2.75) is 65.0 Å². The fourth-order valence-electron chi connectivity index (χ4n) is 3.02. The van der Waals surface area contributed by atoms with Crippen LogP contribution in [0.4, 0.5) is 0 Å². The van der Waals surface area contributed by atoms with Gasteiger partial charge in [-0.1, -0.05) is 0 Å². The van der Waals surface area contributed by atoms with E-state index in [0.29, 0.717) is 65.6 Å². The van der Waals surface area contributed by atoms with Crippen LogP contribution in [0.5, 0.6) is 0 Å². The topological polar surface area (TPSA) is 212 Å². The third-order valence-electron chi connectivity index (χ3n) is 4.91. The molecule has 3 atom stereocenters. The number of hydrogen-bond donors (Lipinski definition) is 3. The Balaban J connectivity index is 3.96. The van der Waals surface area contributed by atoms with Crippen molar-refractivity contribution in [3.05, 3.63) is 0 Å². The Kier molecular flexibility index (Phi) is 24.0. The van der Waals surface area contributed by atoms with E-state index in [1.165, 1.54) is 0 Å². The molecule has 16 nitrogen and oxygen atoms in total. The van der Waals surface area contributed by atoms with E-state index in [-0.39, 0.29) is 32.0 Å². The van der Waals surface area contributed by atoms with E-state index in [9.17, 15) is 29.1 Å². The summed E-state index contributed by atoms with van der Waals surface area (Å²) in [4.78, 5) is 56.3. The number of aliphatic hydroxyl groups excluding tert-OH is 1. The minimum Gasteiger partial charge on any atom is -0.481 e. The number of hydrogen-bond acceptors (Lipinski definition) is 14. The summed E-state index contributed by atoms with van der Waals surface area (Å²) in [5, 5.41) is 21.5. The molecular formula is C26H45NO15. The fraction of sp³-hybridized carbons (Fsp3) is 0.808. The molecule has 0 aliphatic carbocycles. The number of carbonyl (C=O) groups is 5. The molecule has 0 radical (unpaired) electrons. The summed E-state index contributed by atoms with van der Waals surface area (Å²) in [5.74, 6) is -3.27. The smallest absolute Gasteiger partial charge is 0.305 e. The van der Waals surface area contributed by atoms with Crippen molar-refractivity contribution in [3.63, 3.8) is 0 Å². The molecule has 244 valence electrons. The number of amides is 1. The van der Waals surface area contributed by atoms with E-state index in [1.807, 2.05) is 0 Å². The average Bonchev–Trinajstić information content (AvgIpc) is 2.91. The number of ether oxygens (including phenoxy) is 8. The molecule has 3 unspecified atom stereocenters. The van der Waals surface area contributed by atoms with Crippen molar-refractivity contribution < 1.29 is 72.1 Å². The molecule has 0 spiro atoms. The standard InChI is InChI=1S/C26H45NO15/c1-19(28)40-18-22(31)25(41-20(2)29)26(42-21(3)30)39-9-5-4-6-23(32)27-8-11-36-13-15-38-17-16-37-14-12-35-10-7-24(33)34/h22,25-26,31H,4-18H2,1-3H3,(H,27,32)(H,33,34). The number of carboxylic acid groups (broad SMARTS) is 1. The van der Waals surface area contributed by atoms with Gasteiger partial charge in [0.05, 0.1) is 65.9 Å². The molecule has 0 aromatic heterocycles. The van der Waals surface area contributed by atoms with Gasteiger partial charge in [-0.05, 0) is 12.8 Å². The lowest BCUT2D eigenvalue weighted by molar-refractivity contribution is -0.229. The third kappa shape index (κ3) is 24.9. The summed E-state index contributed by atoms with van der Waals surface area (Å²) in [7, 11) is 0. The molecule has 0 rings (SSSR count). The fourth-order valence-corrected chi connectivity index (χ4v) is 3.02. The van der Waals surface area contributed by atoms with E-state index in [2.05, 4.69) is 5.32 Å². The van der Waals surface area contributed by atoms with Gasteiger partial charge in [-0.2, -0.15) is 0 Å². The number of unbranched alkanes of at least 4 members (excludes halogenated alkanes) is 1. The zero-order valence-corrected chi connectivity index (χ0v) is 24.5. The SMILES string of the molecule is CC(=O)OCC(O)C(OC(C)=O)C(OCCCCC(=O)NCCOCCOCCOCCOCCC(=O)O)OC(C)=O. The molecule has 0 heterocycles. The van der Waals surface area contributed by atoms with Gasteiger partial charge in [-0.3, -0.25) is 24.0 Å². The largest absolute Gasteiger partial charge is 0.481 e. The number of carbonyl (C=O) groups excluding carboxylic acids is 4. The Morgan fingerprint density at radius 1 is 0.667 bits per heavy atom. The van der Waals surface area contributed by atoms with E-state index >= 15 is 0 Å². The number of esters is 3. The second-order valence-corrected chi connectivity index (χ2v) is 8.69. The highest BCUT2D eigenvalue weighted by Gasteiger charge is 2.35. The van der Waals surface area contributed by atoms with Crippen molar-refractivity contribution in [3.8, 4) is 0 Å². The summed E-state index contributed by atoms with van der Waals surface area (Å²) in [6.45, 7) is 5.77. The van der Waals surface area contributed by atoms with Crippen LogP contribution in [0, 0.1) is 0 Å². The molecule has 0 fully saturated rings. The first-order chi connectivity index (χ1) is 20.0. The summed E-state index contributed by atoms with van der Waals surface area (Å²) in [5.41, 5.74) is 0. The Bertz CT molecular complexity index is 779. The van der Waals surface area contributed by atoms with E-state index in [4.69, 9.17) is 43.0 Å². The van der Waals surface area contributed by atoms with E-state index in [1.54, 1.807) is 0 Å². The second-order valence-electron chi connectivity index (χ2n) is 8.69. The molecule has 16 heteroatoms. The molecule has 0 aromatic rings. The van der Waals surface area contributed by atoms with Gasteiger partial charge < -0.3 is 53.4 Å². The minimum atomic E-state index is -1.51. The zero-order chi connectivity index (χ0) is 31.6. The first-order valence-electron chi connectivity index (χ1n) is 13.6. The Labute approximate surface area is 245 Å². The Morgan fingerprint density at radius 3 is 1.74 bits per heavy atom. The van der Waals surface area contributed by atoms with Crippen LogP contribution in [0.15, 0.2) is 0 Å². The normalized spacial score (nSPS) is 13.0. The maximum absolute atomic E-state index is 12.0. The highest BCUT2D eigenvalue weighted by atomic mass is 16.7.